The predicted octanol–water partition coefficient (Wildman–Crippen LogP) is 4.38. The quantitative estimate of drug-likeness (QED) is 0.621. The van der Waals surface area contributed by atoms with E-state index in [1.807, 2.05) is 0 Å². The van der Waals surface area contributed by atoms with Crippen molar-refractivity contribution in [2.45, 2.75) is 50.4 Å². The van der Waals surface area contributed by atoms with Crippen LogP contribution in [0.25, 0.3) is 0 Å². The van der Waals surface area contributed by atoms with Gasteiger partial charge < -0.3 is 0 Å². The van der Waals surface area contributed by atoms with Gasteiger partial charge in [-0.2, -0.15) is 0 Å². The van der Waals surface area contributed by atoms with Gasteiger partial charge in [0.25, 0.3) is 0 Å². The number of nitrogens with zero attached hydrogens (tertiary/aromatic N) is 1. The van der Waals surface area contributed by atoms with Crippen molar-refractivity contribution in [3.63, 3.8) is 0 Å². The highest BCUT2D eigenvalue weighted by molar-refractivity contribution is 6.02. The Kier molecular flexibility index (Phi) is 2.00. The zero-order chi connectivity index (χ0) is 11.3. The van der Waals surface area contributed by atoms with E-state index in [1.54, 1.807) is 5.56 Å². The first kappa shape index (κ1) is 9.87. The van der Waals surface area contributed by atoms with Crippen LogP contribution in [0.5, 0.6) is 0 Å². The Morgan fingerprint density at radius 1 is 1.06 bits per heavy atom. The molecule has 0 saturated heterocycles. The van der Waals surface area contributed by atoms with Crippen LogP contribution in [0.3, 0.4) is 0 Å². The van der Waals surface area contributed by atoms with Gasteiger partial charge in [-0.1, -0.05) is 31.0 Å². The number of hydrogen-bond acceptors (Lipinski definition) is 1. The lowest BCUT2D eigenvalue weighted by atomic mass is 9.56. The van der Waals surface area contributed by atoms with Crippen molar-refractivity contribution in [2.24, 2.45) is 10.9 Å². The molecular formula is C16H19N. The summed E-state index contributed by atoms with van der Waals surface area (Å²) in [5, 5.41) is 0. The molecule has 2 fully saturated rings. The van der Waals surface area contributed by atoms with Gasteiger partial charge in [0.15, 0.2) is 0 Å². The van der Waals surface area contributed by atoms with E-state index in [-0.39, 0.29) is 0 Å². The molecule has 2 aliphatic carbocycles. The normalized spacial score (nSPS) is 34.6. The molecule has 88 valence electrons. The van der Waals surface area contributed by atoms with Crippen LogP contribution in [0.15, 0.2) is 29.3 Å². The van der Waals surface area contributed by atoms with E-state index >= 15 is 0 Å². The molecule has 3 aliphatic rings. The fourth-order valence-electron chi connectivity index (χ4n) is 4.51. The minimum absolute atomic E-state index is 0.368. The van der Waals surface area contributed by atoms with Gasteiger partial charge in [0, 0.05) is 11.1 Å². The molecule has 1 nitrogen and oxygen atoms in total. The summed E-state index contributed by atoms with van der Waals surface area (Å²) in [6, 6.07) is 8.89. The second kappa shape index (κ2) is 3.44. The summed E-state index contributed by atoms with van der Waals surface area (Å²) in [5.41, 5.74) is 4.72. The fourth-order valence-corrected chi connectivity index (χ4v) is 4.51. The van der Waals surface area contributed by atoms with Crippen LogP contribution in [0, 0.1) is 5.92 Å². The molecule has 1 aromatic rings. The van der Waals surface area contributed by atoms with Crippen molar-refractivity contribution >= 4 is 11.4 Å². The Labute approximate surface area is 103 Å². The van der Waals surface area contributed by atoms with Gasteiger partial charge in [0.2, 0.25) is 0 Å². The fraction of sp³-hybridized carbons (Fsp3) is 0.562. The maximum absolute atomic E-state index is 4.97. The molecule has 4 rings (SSSR count). The van der Waals surface area contributed by atoms with Gasteiger partial charge >= 0.3 is 0 Å². The van der Waals surface area contributed by atoms with Gasteiger partial charge in [0.05, 0.1) is 5.69 Å². The number of benzene rings is 1. The van der Waals surface area contributed by atoms with E-state index in [1.165, 1.54) is 56.3 Å². The maximum Gasteiger partial charge on any atom is 0.0671 e. The summed E-state index contributed by atoms with van der Waals surface area (Å²) in [7, 11) is 0. The lowest BCUT2D eigenvalue weighted by Gasteiger charge is -2.46. The average molecular weight is 225 g/mol. The van der Waals surface area contributed by atoms with Crippen molar-refractivity contribution in [1.82, 2.24) is 0 Å². The molecular weight excluding hydrogens is 206 g/mol. The summed E-state index contributed by atoms with van der Waals surface area (Å²) in [4.78, 5) is 4.97. The average Bonchev–Trinajstić information content (AvgIpc) is 2.71. The van der Waals surface area contributed by atoms with Crippen LogP contribution in [0.2, 0.25) is 0 Å². The molecule has 1 spiro atoms. The summed E-state index contributed by atoms with van der Waals surface area (Å²) in [5.74, 6) is 0.882. The minimum Gasteiger partial charge on any atom is -0.257 e. The summed E-state index contributed by atoms with van der Waals surface area (Å²) >= 11 is 0. The van der Waals surface area contributed by atoms with Crippen molar-refractivity contribution in [3.8, 4) is 0 Å². The van der Waals surface area contributed by atoms with E-state index < -0.39 is 0 Å². The summed E-state index contributed by atoms with van der Waals surface area (Å²) in [6.45, 7) is 0. The smallest absolute Gasteiger partial charge is 0.0671 e. The van der Waals surface area contributed by atoms with E-state index in [0.29, 0.717) is 5.41 Å². The van der Waals surface area contributed by atoms with E-state index in [2.05, 4.69) is 24.3 Å². The molecule has 0 amide bonds. The van der Waals surface area contributed by atoms with Crippen molar-refractivity contribution in [1.29, 1.82) is 0 Å². The molecule has 2 saturated carbocycles. The van der Waals surface area contributed by atoms with Crippen LogP contribution in [-0.4, -0.2) is 5.71 Å². The number of fused-ring (bicyclic) bond motifs is 1. The Morgan fingerprint density at radius 2 is 1.94 bits per heavy atom. The Morgan fingerprint density at radius 3 is 2.94 bits per heavy atom. The molecule has 0 bridgehead atoms. The van der Waals surface area contributed by atoms with E-state index in [0.717, 1.165) is 5.92 Å². The van der Waals surface area contributed by atoms with Crippen LogP contribution >= 0.6 is 0 Å². The van der Waals surface area contributed by atoms with Crippen molar-refractivity contribution in [2.75, 3.05) is 0 Å². The van der Waals surface area contributed by atoms with Crippen LogP contribution in [0.4, 0.5) is 5.69 Å². The number of hydrogen-bond donors (Lipinski definition) is 0. The zero-order valence-corrected chi connectivity index (χ0v) is 10.3. The lowest BCUT2D eigenvalue weighted by Crippen LogP contribution is -2.45. The van der Waals surface area contributed by atoms with Crippen LogP contribution < -0.4 is 0 Å². The lowest BCUT2D eigenvalue weighted by molar-refractivity contribution is 0.221. The van der Waals surface area contributed by atoms with Gasteiger partial charge in [-0.3, -0.25) is 4.99 Å². The largest absolute Gasteiger partial charge is 0.257 e. The second-order valence-corrected chi connectivity index (χ2v) is 5.88. The first-order valence-corrected chi connectivity index (χ1v) is 7.09. The Hall–Kier alpha value is -1.11. The number of para-hydroxylation sites is 1. The molecule has 17 heavy (non-hydrogen) atoms. The van der Waals surface area contributed by atoms with Crippen LogP contribution in [0.1, 0.15) is 50.5 Å². The molecule has 0 N–H and O–H groups in total. The van der Waals surface area contributed by atoms with Crippen molar-refractivity contribution < 1.29 is 0 Å². The first-order chi connectivity index (χ1) is 8.41. The van der Waals surface area contributed by atoms with Gasteiger partial charge in [-0.05, 0) is 49.7 Å². The highest BCUT2D eigenvalue weighted by Crippen LogP contribution is 2.56. The number of rotatable bonds is 0. The molecule has 1 aliphatic heterocycles. The first-order valence-electron chi connectivity index (χ1n) is 7.09. The standard InChI is InChI=1S/C16H19N/c1-2-9-14-13(8-1)16-11-4-3-6-12(16)7-5-10-15(16)17-14/h1-2,8-9,12H,3-7,10-11H2/t12-,16+/m1/s1. The molecule has 0 unspecified atom stereocenters. The molecule has 1 aromatic carbocycles. The third-order valence-electron chi connectivity index (χ3n) is 5.19. The van der Waals surface area contributed by atoms with Gasteiger partial charge in [-0.25, -0.2) is 0 Å². The maximum atomic E-state index is 4.97. The molecule has 1 heteroatoms. The minimum atomic E-state index is 0.368. The monoisotopic (exact) mass is 225 g/mol. The zero-order valence-electron chi connectivity index (χ0n) is 10.3. The summed E-state index contributed by atoms with van der Waals surface area (Å²) < 4.78 is 0. The van der Waals surface area contributed by atoms with E-state index in [9.17, 15) is 0 Å². The third kappa shape index (κ3) is 1.17. The van der Waals surface area contributed by atoms with E-state index in [4.69, 9.17) is 4.99 Å². The molecule has 2 atom stereocenters. The highest BCUT2D eigenvalue weighted by Gasteiger charge is 2.51. The molecule has 0 aromatic heterocycles. The summed E-state index contributed by atoms with van der Waals surface area (Å²) in [6.07, 6.45) is 9.63. The number of aliphatic imine (C=N–C) groups is 1. The Balaban J connectivity index is 1.93. The predicted molar refractivity (Wildman–Crippen MR) is 71.0 cm³/mol. The van der Waals surface area contributed by atoms with Crippen LogP contribution in [-0.2, 0) is 5.41 Å². The highest BCUT2D eigenvalue weighted by atomic mass is 14.8. The van der Waals surface area contributed by atoms with Gasteiger partial charge in [0.1, 0.15) is 0 Å². The topological polar surface area (TPSA) is 12.4 Å². The molecule has 1 heterocycles. The second-order valence-electron chi connectivity index (χ2n) is 5.88. The van der Waals surface area contributed by atoms with Crippen molar-refractivity contribution in [3.05, 3.63) is 29.8 Å². The third-order valence-corrected chi connectivity index (χ3v) is 5.19. The SMILES string of the molecule is c1ccc2c(c1)N=C1CCC[C@H]3CCCC[C@@]123. The molecule has 0 radical (unpaired) electrons. The van der Waals surface area contributed by atoms with Gasteiger partial charge in [-0.15, -0.1) is 0 Å². The Bertz CT molecular complexity index is 486.